The summed E-state index contributed by atoms with van der Waals surface area (Å²) in [4.78, 5) is 41.3. The van der Waals surface area contributed by atoms with Crippen LogP contribution in [0.4, 0.5) is 15.8 Å². The number of ether oxygens (including phenoxy) is 3. The number of amides is 2. The molecule has 15 heteroatoms. The van der Waals surface area contributed by atoms with Gasteiger partial charge in [-0.05, 0) is 103 Å². The molecule has 0 radical (unpaired) electrons. The van der Waals surface area contributed by atoms with Gasteiger partial charge >= 0.3 is 5.97 Å². The third-order valence-corrected chi connectivity index (χ3v) is 13.1. The molecule has 0 saturated carbocycles. The standard InChI is InChI=1S/C50H60FN7O6S/c1-11-27-62-43(59)30-57-48(53-55-56-57)65-32(6)35-28-31(5)23-25-41(35)64-45-44(34-19-15-16-20-37(34)51)54-58(47(45)61)39-22-18-17-21-38(39)52-46(60)40(12-2)63-42-26-24-33(49(7,8)13-3)29-36(42)50(9,10)14-4/h15-26,28-29,32,40,45H,11-14,27,30H2,1-10H3,(H,52,60). The molecule has 2 heterocycles. The van der Waals surface area contributed by atoms with Crippen LogP contribution in [0.1, 0.15) is 121 Å². The van der Waals surface area contributed by atoms with Crippen molar-refractivity contribution in [1.29, 1.82) is 0 Å². The Labute approximate surface area is 385 Å². The number of thioether (sulfide) groups is 1. The molecule has 2 amide bonds. The van der Waals surface area contributed by atoms with Crippen LogP contribution in [-0.2, 0) is 36.5 Å². The fourth-order valence-corrected chi connectivity index (χ4v) is 8.15. The van der Waals surface area contributed by atoms with E-state index in [0.717, 1.165) is 29.0 Å². The zero-order valence-electron chi connectivity index (χ0n) is 39.0. The Bertz CT molecular complexity index is 2540. The number of nitrogens with one attached hydrogen (secondary N) is 1. The van der Waals surface area contributed by atoms with E-state index in [1.807, 2.05) is 45.9 Å². The Hall–Kier alpha value is -6.09. The predicted molar refractivity (Wildman–Crippen MR) is 252 cm³/mol. The summed E-state index contributed by atoms with van der Waals surface area (Å²) in [6.45, 7) is 20.9. The second kappa shape index (κ2) is 20.8. The molecule has 4 aromatic carbocycles. The van der Waals surface area contributed by atoms with Gasteiger partial charge in [-0.3, -0.25) is 14.4 Å². The summed E-state index contributed by atoms with van der Waals surface area (Å²) < 4.78 is 35.5. The van der Waals surface area contributed by atoms with E-state index in [9.17, 15) is 14.4 Å². The minimum atomic E-state index is -1.39. The Balaban J connectivity index is 1.29. The van der Waals surface area contributed by atoms with E-state index in [0.29, 0.717) is 47.4 Å². The number of esters is 1. The number of benzene rings is 4. The molecular formula is C50H60FN7O6S. The number of tetrazole rings is 1. The second-order valence-corrected chi connectivity index (χ2v) is 18.8. The molecule has 13 nitrogen and oxygen atoms in total. The molecule has 3 atom stereocenters. The highest BCUT2D eigenvalue weighted by Gasteiger charge is 2.42. The highest BCUT2D eigenvalue weighted by molar-refractivity contribution is 7.99. The van der Waals surface area contributed by atoms with Crippen LogP contribution in [0.3, 0.4) is 0 Å². The maximum Gasteiger partial charge on any atom is 0.327 e. The van der Waals surface area contributed by atoms with Gasteiger partial charge in [-0.1, -0.05) is 121 Å². The largest absolute Gasteiger partial charge is 0.480 e. The maximum atomic E-state index is 15.7. The average Bonchev–Trinajstić information content (AvgIpc) is 3.87. The van der Waals surface area contributed by atoms with Crippen molar-refractivity contribution in [2.75, 3.05) is 16.9 Å². The quantitative estimate of drug-likeness (QED) is 0.0591. The lowest BCUT2D eigenvalue weighted by Crippen LogP contribution is -2.38. The molecule has 6 rings (SSSR count). The van der Waals surface area contributed by atoms with Crippen LogP contribution >= 0.6 is 11.8 Å². The van der Waals surface area contributed by atoms with Crippen molar-refractivity contribution < 1.29 is 33.0 Å². The van der Waals surface area contributed by atoms with Crippen molar-refractivity contribution in [1.82, 2.24) is 20.2 Å². The lowest BCUT2D eigenvalue weighted by molar-refractivity contribution is -0.144. The van der Waals surface area contributed by atoms with Crippen molar-refractivity contribution in [2.24, 2.45) is 5.10 Å². The number of hydrogen-bond donors (Lipinski definition) is 1. The maximum absolute atomic E-state index is 15.7. The molecule has 344 valence electrons. The molecule has 1 aromatic heterocycles. The lowest BCUT2D eigenvalue weighted by Gasteiger charge is -2.31. The molecule has 5 aromatic rings. The number of nitrogens with zero attached hydrogens (tertiary/aromatic N) is 6. The van der Waals surface area contributed by atoms with Crippen LogP contribution in [0.2, 0.25) is 0 Å². The molecule has 0 fully saturated rings. The van der Waals surface area contributed by atoms with Gasteiger partial charge < -0.3 is 19.5 Å². The molecule has 0 aliphatic carbocycles. The Kier molecular flexibility index (Phi) is 15.5. The molecule has 0 spiro atoms. The highest BCUT2D eigenvalue weighted by atomic mass is 32.2. The van der Waals surface area contributed by atoms with Gasteiger partial charge in [-0.2, -0.15) is 10.1 Å². The number of aryl methyl sites for hydroxylation is 1. The molecule has 1 aliphatic rings. The van der Waals surface area contributed by atoms with Gasteiger partial charge in [-0.15, -0.1) is 5.10 Å². The Morgan fingerprint density at radius 1 is 0.908 bits per heavy atom. The number of carbonyl (C=O) groups excluding carboxylic acids is 3. The summed E-state index contributed by atoms with van der Waals surface area (Å²) in [5.74, 6) is -1.06. The van der Waals surface area contributed by atoms with Crippen LogP contribution < -0.4 is 19.8 Å². The van der Waals surface area contributed by atoms with E-state index in [-0.39, 0.29) is 39.6 Å². The SMILES string of the molecule is CCCOC(=O)Cn1nnnc1SC(C)c1cc(C)ccc1OC1C(=O)N(c2ccccc2NC(=O)C(CC)Oc2ccc(C(C)(C)CC)cc2C(C)(C)CC)N=C1c1ccccc1F. The number of aromatic nitrogens is 4. The topological polar surface area (TPSA) is 150 Å². The van der Waals surface area contributed by atoms with Gasteiger partial charge in [0.15, 0.2) is 6.10 Å². The van der Waals surface area contributed by atoms with E-state index in [4.69, 9.17) is 19.3 Å². The van der Waals surface area contributed by atoms with E-state index in [2.05, 4.69) is 74.5 Å². The molecule has 3 unspecified atom stereocenters. The number of hydrogen-bond acceptors (Lipinski definition) is 11. The number of para-hydroxylation sites is 2. The van der Waals surface area contributed by atoms with Crippen molar-refractivity contribution >= 4 is 46.6 Å². The summed E-state index contributed by atoms with van der Waals surface area (Å²) >= 11 is 1.29. The van der Waals surface area contributed by atoms with Crippen LogP contribution in [0, 0.1) is 12.7 Å². The Morgan fingerprint density at radius 2 is 1.62 bits per heavy atom. The zero-order chi connectivity index (χ0) is 47.1. The Morgan fingerprint density at radius 3 is 2.32 bits per heavy atom. The summed E-state index contributed by atoms with van der Waals surface area (Å²) in [5.41, 5.74) is 4.29. The van der Waals surface area contributed by atoms with Gasteiger partial charge in [-0.25, -0.2) is 9.07 Å². The molecule has 0 bridgehead atoms. The number of carbonyl (C=O) groups is 3. The van der Waals surface area contributed by atoms with Crippen molar-refractivity contribution in [3.05, 3.63) is 119 Å². The highest BCUT2D eigenvalue weighted by Crippen LogP contribution is 2.42. The van der Waals surface area contributed by atoms with Crippen molar-refractivity contribution in [3.8, 4) is 11.5 Å². The normalized spacial score (nSPS) is 15.1. The summed E-state index contributed by atoms with van der Waals surface area (Å²) in [7, 11) is 0. The summed E-state index contributed by atoms with van der Waals surface area (Å²) in [6, 6.07) is 24.7. The second-order valence-electron chi connectivity index (χ2n) is 17.5. The first kappa shape index (κ1) is 48.4. The van der Waals surface area contributed by atoms with E-state index in [1.165, 1.54) is 28.1 Å². The van der Waals surface area contributed by atoms with Crippen LogP contribution in [-0.4, -0.2) is 62.5 Å². The van der Waals surface area contributed by atoms with Crippen LogP contribution in [0.25, 0.3) is 0 Å². The van der Waals surface area contributed by atoms with E-state index < -0.39 is 35.8 Å². The third-order valence-electron chi connectivity index (χ3n) is 12.0. The monoisotopic (exact) mass is 905 g/mol. The third kappa shape index (κ3) is 11.1. The van der Waals surface area contributed by atoms with Crippen LogP contribution in [0.15, 0.2) is 95.2 Å². The van der Waals surface area contributed by atoms with E-state index >= 15 is 4.39 Å². The smallest absolute Gasteiger partial charge is 0.327 e. The fraction of sp³-hybridized carbons (Fsp3) is 0.420. The number of rotatable bonds is 20. The van der Waals surface area contributed by atoms with Gasteiger partial charge in [0.05, 0.1) is 18.0 Å². The minimum absolute atomic E-state index is 0.0395. The van der Waals surface area contributed by atoms with Gasteiger partial charge in [0.2, 0.25) is 11.3 Å². The summed E-state index contributed by atoms with van der Waals surface area (Å²) in [6.07, 6.45) is 0.621. The zero-order valence-corrected chi connectivity index (χ0v) is 39.8. The minimum Gasteiger partial charge on any atom is -0.480 e. The summed E-state index contributed by atoms with van der Waals surface area (Å²) in [5, 5.41) is 20.8. The number of anilines is 2. The van der Waals surface area contributed by atoms with Crippen molar-refractivity contribution in [2.45, 2.75) is 135 Å². The van der Waals surface area contributed by atoms with E-state index in [1.54, 1.807) is 48.5 Å². The lowest BCUT2D eigenvalue weighted by atomic mass is 9.76. The number of halogens is 1. The molecule has 1 aliphatic heterocycles. The molecular weight excluding hydrogens is 846 g/mol. The van der Waals surface area contributed by atoms with Gasteiger partial charge in [0.25, 0.3) is 11.8 Å². The van der Waals surface area contributed by atoms with Gasteiger partial charge in [0.1, 0.15) is 29.6 Å². The van der Waals surface area contributed by atoms with Crippen LogP contribution in [0.5, 0.6) is 11.5 Å². The first-order valence-electron chi connectivity index (χ1n) is 22.3. The predicted octanol–water partition coefficient (Wildman–Crippen LogP) is 10.3. The fourth-order valence-electron chi connectivity index (χ4n) is 7.22. The number of hydrazone groups is 1. The first-order chi connectivity index (χ1) is 31.0. The molecule has 65 heavy (non-hydrogen) atoms. The first-order valence-corrected chi connectivity index (χ1v) is 23.1. The molecule has 1 N–H and O–H groups in total. The molecule has 0 saturated heterocycles. The van der Waals surface area contributed by atoms with Crippen molar-refractivity contribution in [3.63, 3.8) is 0 Å². The van der Waals surface area contributed by atoms with Gasteiger partial charge in [0, 0.05) is 21.9 Å². The average molecular weight is 906 g/mol.